The zero-order valence-electron chi connectivity index (χ0n) is 8.97. The number of nitriles is 1. The summed E-state index contributed by atoms with van der Waals surface area (Å²) in [6.07, 6.45) is 1.69. The van der Waals surface area contributed by atoms with Crippen molar-refractivity contribution in [3.8, 4) is 6.07 Å². The van der Waals surface area contributed by atoms with Gasteiger partial charge in [-0.2, -0.15) is 5.26 Å². The van der Waals surface area contributed by atoms with Gasteiger partial charge in [0.25, 0.3) is 0 Å². The Morgan fingerprint density at radius 2 is 1.94 bits per heavy atom. The average molecular weight is 241 g/mol. The SMILES string of the molecule is N#Cc1cccc(N=Cc2ccccc2Cl)c1. The van der Waals surface area contributed by atoms with Crippen molar-refractivity contribution in [1.29, 1.82) is 5.26 Å². The van der Waals surface area contributed by atoms with Gasteiger partial charge < -0.3 is 0 Å². The normalized spacial score (nSPS) is 10.4. The molecule has 3 heteroatoms. The van der Waals surface area contributed by atoms with Crippen LogP contribution in [0.5, 0.6) is 0 Å². The van der Waals surface area contributed by atoms with Crippen LogP contribution in [0.2, 0.25) is 5.02 Å². The molecule has 2 rings (SSSR count). The molecule has 0 aliphatic rings. The minimum atomic E-state index is 0.596. The van der Waals surface area contributed by atoms with Crippen LogP contribution in [0.15, 0.2) is 53.5 Å². The van der Waals surface area contributed by atoms with Gasteiger partial charge in [-0.05, 0) is 24.3 Å². The fraction of sp³-hybridized carbons (Fsp3) is 0. The molecule has 0 bridgehead atoms. The van der Waals surface area contributed by atoms with Crippen LogP contribution in [-0.2, 0) is 0 Å². The van der Waals surface area contributed by atoms with Crippen LogP contribution in [-0.4, -0.2) is 6.21 Å². The maximum absolute atomic E-state index is 8.77. The van der Waals surface area contributed by atoms with Crippen LogP contribution in [0.1, 0.15) is 11.1 Å². The summed E-state index contributed by atoms with van der Waals surface area (Å²) in [5.41, 5.74) is 2.19. The number of benzene rings is 2. The second-order valence-electron chi connectivity index (χ2n) is 3.44. The van der Waals surface area contributed by atoms with Crippen molar-refractivity contribution in [2.75, 3.05) is 0 Å². The molecule has 0 aromatic heterocycles. The molecule has 0 atom stereocenters. The van der Waals surface area contributed by atoms with E-state index in [0.717, 1.165) is 11.3 Å². The Labute approximate surface area is 105 Å². The van der Waals surface area contributed by atoms with Crippen molar-refractivity contribution in [2.45, 2.75) is 0 Å². The Morgan fingerprint density at radius 3 is 2.71 bits per heavy atom. The molecule has 2 aromatic rings. The molecule has 0 aliphatic heterocycles. The highest BCUT2D eigenvalue weighted by Crippen LogP contribution is 2.16. The molecule has 2 aromatic carbocycles. The summed E-state index contributed by atoms with van der Waals surface area (Å²) in [7, 11) is 0. The van der Waals surface area contributed by atoms with Crippen LogP contribution in [0.4, 0.5) is 5.69 Å². The summed E-state index contributed by atoms with van der Waals surface area (Å²) >= 11 is 6.01. The van der Waals surface area contributed by atoms with Gasteiger partial charge in [-0.3, -0.25) is 4.99 Å². The van der Waals surface area contributed by atoms with E-state index in [1.807, 2.05) is 30.3 Å². The molecular weight excluding hydrogens is 232 g/mol. The van der Waals surface area contributed by atoms with Gasteiger partial charge in [-0.15, -0.1) is 0 Å². The van der Waals surface area contributed by atoms with Crippen molar-refractivity contribution in [3.63, 3.8) is 0 Å². The third-order valence-corrected chi connectivity index (χ3v) is 2.58. The Balaban J connectivity index is 2.27. The maximum atomic E-state index is 8.77. The van der Waals surface area contributed by atoms with E-state index in [4.69, 9.17) is 16.9 Å². The Bertz CT molecular complexity index is 597. The molecule has 0 unspecified atom stereocenters. The van der Waals surface area contributed by atoms with E-state index in [1.54, 1.807) is 24.4 Å². The molecule has 0 saturated carbocycles. The molecule has 0 fully saturated rings. The highest BCUT2D eigenvalue weighted by Gasteiger charge is 1.95. The number of hydrogen-bond donors (Lipinski definition) is 0. The van der Waals surface area contributed by atoms with E-state index in [1.165, 1.54) is 0 Å². The second kappa shape index (κ2) is 5.29. The lowest BCUT2D eigenvalue weighted by Gasteiger charge is -1.97. The molecule has 0 amide bonds. The van der Waals surface area contributed by atoms with E-state index < -0.39 is 0 Å². The molecule has 0 spiro atoms. The summed E-state index contributed by atoms with van der Waals surface area (Å²) in [6.45, 7) is 0. The third-order valence-electron chi connectivity index (χ3n) is 2.23. The molecule has 17 heavy (non-hydrogen) atoms. The second-order valence-corrected chi connectivity index (χ2v) is 3.85. The first kappa shape index (κ1) is 11.4. The summed E-state index contributed by atoms with van der Waals surface area (Å²) in [6, 6.07) is 16.7. The number of nitrogens with zero attached hydrogens (tertiary/aromatic N) is 2. The number of halogens is 1. The summed E-state index contributed by atoms with van der Waals surface area (Å²) in [5.74, 6) is 0. The molecular formula is C14H9ClN2. The molecule has 0 aliphatic carbocycles. The number of aliphatic imine (C=N–C) groups is 1. The average Bonchev–Trinajstić information content (AvgIpc) is 2.38. The predicted octanol–water partition coefficient (Wildman–Crippen LogP) is 3.96. The Morgan fingerprint density at radius 1 is 1.12 bits per heavy atom. The number of hydrogen-bond acceptors (Lipinski definition) is 2. The molecule has 0 N–H and O–H groups in total. The van der Waals surface area contributed by atoms with Crippen LogP contribution in [0.25, 0.3) is 0 Å². The topological polar surface area (TPSA) is 36.1 Å². The van der Waals surface area contributed by atoms with Crippen molar-refractivity contribution in [1.82, 2.24) is 0 Å². The van der Waals surface area contributed by atoms with Crippen molar-refractivity contribution in [3.05, 3.63) is 64.7 Å². The van der Waals surface area contributed by atoms with Crippen LogP contribution >= 0.6 is 11.6 Å². The first-order valence-corrected chi connectivity index (χ1v) is 5.46. The summed E-state index contributed by atoms with van der Waals surface area (Å²) in [4.78, 5) is 4.29. The van der Waals surface area contributed by atoms with E-state index in [2.05, 4.69) is 11.1 Å². The van der Waals surface area contributed by atoms with Gasteiger partial charge in [0.15, 0.2) is 0 Å². The Kier molecular flexibility index (Phi) is 3.54. The monoisotopic (exact) mass is 240 g/mol. The van der Waals surface area contributed by atoms with Crippen molar-refractivity contribution >= 4 is 23.5 Å². The van der Waals surface area contributed by atoms with E-state index >= 15 is 0 Å². The summed E-state index contributed by atoms with van der Waals surface area (Å²) in [5, 5.41) is 9.43. The highest BCUT2D eigenvalue weighted by atomic mass is 35.5. The molecule has 0 heterocycles. The molecule has 0 saturated heterocycles. The molecule has 82 valence electrons. The zero-order chi connectivity index (χ0) is 12.1. The number of rotatable bonds is 2. The maximum Gasteiger partial charge on any atom is 0.0992 e. The molecule has 0 radical (unpaired) electrons. The minimum Gasteiger partial charge on any atom is -0.256 e. The van der Waals surface area contributed by atoms with Gasteiger partial charge in [-0.1, -0.05) is 35.9 Å². The van der Waals surface area contributed by atoms with Gasteiger partial charge in [0.1, 0.15) is 0 Å². The first-order valence-electron chi connectivity index (χ1n) is 5.08. The quantitative estimate of drug-likeness (QED) is 0.732. The third kappa shape index (κ3) is 2.93. The van der Waals surface area contributed by atoms with Gasteiger partial charge in [0, 0.05) is 16.8 Å². The van der Waals surface area contributed by atoms with Crippen LogP contribution in [0, 0.1) is 11.3 Å². The fourth-order valence-electron chi connectivity index (χ4n) is 1.38. The lowest BCUT2D eigenvalue weighted by molar-refractivity contribution is 1.46. The van der Waals surface area contributed by atoms with Crippen molar-refractivity contribution < 1.29 is 0 Å². The standard InChI is InChI=1S/C14H9ClN2/c15-14-7-2-1-5-12(14)10-17-13-6-3-4-11(8-13)9-16/h1-8,10H. The van der Waals surface area contributed by atoms with E-state index in [9.17, 15) is 0 Å². The minimum absolute atomic E-state index is 0.596. The van der Waals surface area contributed by atoms with Gasteiger partial charge in [-0.25, -0.2) is 0 Å². The van der Waals surface area contributed by atoms with Crippen molar-refractivity contribution in [2.24, 2.45) is 4.99 Å². The Hall–Kier alpha value is -2.11. The lowest BCUT2D eigenvalue weighted by Crippen LogP contribution is -1.81. The molecule has 2 nitrogen and oxygen atoms in total. The largest absolute Gasteiger partial charge is 0.256 e. The lowest BCUT2D eigenvalue weighted by atomic mass is 10.2. The summed E-state index contributed by atoms with van der Waals surface area (Å²) < 4.78 is 0. The van der Waals surface area contributed by atoms with Gasteiger partial charge >= 0.3 is 0 Å². The smallest absolute Gasteiger partial charge is 0.0992 e. The fourth-order valence-corrected chi connectivity index (χ4v) is 1.56. The first-order chi connectivity index (χ1) is 8.29. The predicted molar refractivity (Wildman–Crippen MR) is 69.9 cm³/mol. The zero-order valence-corrected chi connectivity index (χ0v) is 9.72. The van der Waals surface area contributed by atoms with Gasteiger partial charge in [0.05, 0.1) is 17.3 Å². The van der Waals surface area contributed by atoms with Crippen LogP contribution in [0.3, 0.4) is 0 Å². The van der Waals surface area contributed by atoms with Gasteiger partial charge in [0.2, 0.25) is 0 Å². The van der Waals surface area contributed by atoms with Crippen LogP contribution < -0.4 is 0 Å². The highest BCUT2D eigenvalue weighted by molar-refractivity contribution is 6.33. The van der Waals surface area contributed by atoms with E-state index in [0.29, 0.717) is 10.6 Å². The van der Waals surface area contributed by atoms with E-state index in [-0.39, 0.29) is 0 Å².